The molecule has 3 aromatic rings. The van der Waals surface area contributed by atoms with Crippen molar-refractivity contribution in [3.63, 3.8) is 0 Å². The third-order valence-corrected chi connectivity index (χ3v) is 6.36. The van der Waals surface area contributed by atoms with E-state index in [2.05, 4.69) is 16.5 Å². The first-order valence-corrected chi connectivity index (χ1v) is 10.9. The molecule has 1 atom stereocenters. The molecule has 4 rings (SSSR count). The fourth-order valence-electron chi connectivity index (χ4n) is 4.15. The van der Waals surface area contributed by atoms with Crippen LogP contribution in [0.15, 0.2) is 35.9 Å². The molecule has 0 aliphatic carbocycles. The van der Waals surface area contributed by atoms with Gasteiger partial charge in [-0.1, -0.05) is 29.8 Å². The lowest BCUT2D eigenvalue weighted by Crippen LogP contribution is -2.53. The standard InChI is InChI=1S/C22H21Cl2FN6O2/c1-4-16(32)29-5-6-30(12(3)9-29)21-13-7-11(2)31(22(33)19(13)27-10-28-21)20-17(25)14(23)8-15(24)18(20)26/h4,7-8,10,12H,1,5-6,9,26H2,2-3H3/t12-/m1/s1. The van der Waals surface area contributed by atoms with Crippen LogP contribution in [-0.2, 0) is 4.79 Å². The number of benzene rings is 1. The summed E-state index contributed by atoms with van der Waals surface area (Å²) in [6.45, 7) is 8.64. The zero-order valence-electron chi connectivity index (χ0n) is 18.0. The Morgan fingerprint density at radius 2 is 2.00 bits per heavy atom. The lowest BCUT2D eigenvalue weighted by atomic mass is 10.1. The van der Waals surface area contributed by atoms with Gasteiger partial charge in [0, 0.05) is 31.4 Å². The number of nitrogens with two attached hydrogens (primary N) is 1. The molecule has 8 nitrogen and oxygen atoms in total. The van der Waals surface area contributed by atoms with Crippen molar-refractivity contribution < 1.29 is 9.18 Å². The second-order valence-electron chi connectivity index (χ2n) is 7.83. The van der Waals surface area contributed by atoms with E-state index in [4.69, 9.17) is 28.9 Å². The highest BCUT2D eigenvalue weighted by atomic mass is 35.5. The highest BCUT2D eigenvalue weighted by molar-refractivity contribution is 6.37. The molecular formula is C22H21Cl2FN6O2. The van der Waals surface area contributed by atoms with E-state index < -0.39 is 11.4 Å². The van der Waals surface area contributed by atoms with Crippen LogP contribution < -0.4 is 16.2 Å². The molecule has 1 aliphatic rings. The highest BCUT2D eigenvalue weighted by Gasteiger charge is 2.29. The first kappa shape index (κ1) is 23.0. The van der Waals surface area contributed by atoms with Crippen LogP contribution in [-0.4, -0.2) is 51.0 Å². The van der Waals surface area contributed by atoms with Crippen LogP contribution in [0.5, 0.6) is 0 Å². The average Bonchev–Trinajstić information content (AvgIpc) is 2.79. The lowest BCUT2D eigenvalue weighted by Gasteiger charge is -2.40. The maximum Gasteiger partial charge on any atom is 0.282 e. The fraction of sp³-hybridized carbons (Fsp3) is 0.273. The Hall–Kier alpha value is -3.17. The summed E-state index contributed by atoms with van der Waals surface area (Å²) in [7, 11) is 0. The Morgan fingerprint density at radius 1 is 1.27 bits per heavy atom. The smallest absolute Gasteiger partial charge is 0.282 e. The van der Waals surface area contributed by atoms with E-state index >= 15 is 0 Å². The third kappa shape index (κ3) is 3.81. The second-order valence-corrected chi connectivity index (χ2v) is 8.65. The van der Waals surface area contributed by atoms with Crippen molar-refractivity contribution in [2.75, 3.05) is 30.3 Å². The number of piperazine rings is 1. The van der Waals surface area contributed by atoms with Crippen LogP contribution in [0.2, 0.25) is 10.0 Å². The van der Waals surface area contributed by atoms with Crippen molar-refractivity contribution in [1.29, 1.82) is 0 Å². The number of amides is 1. The van der Waals surface area contributed by atoms with Gasteiger partial charge >= 0.3 is 0 Å². The van der Waals surface area contributed by atoms with Crippen molar-refractivity contribution >= 4 is 51.5 Å². The number of nitrogens with zero attached hydrogens (tertiary/aromatic N) is 5. The summed E-state index contributed by atoms with van der Waals surface area (Å²) in [4.78, 5) is 37.8. The van der Waals surface area contributed by atoms with Gasteiger partial charge < -0.3 is 15.5 Å². The second kappa shape index (κ2) is 8.64. The molecule has 33 heavy (non-hydrogen) atoms. The van der Waals surface area contributed by atoms with Gasteiger partial charge in [0.1, 0.15) is 23.3 Å². The highest BCUT2D eigenvalue weighted by Crippen LogP contribution is 2.35. The number of hydrogen-bond donors (Lipinski definition) is 1. The van der Waals surface area contributed by atoms with Crippen LogP contribution in [0, 0.1) is 12.7 Å². The van der Waals surface area contributed by atoms with Crippen LogP contribution in [0.1, 0.15) is 12.6 Å². The molecule has 2 aromatic heterocycles. The molecule has 0 saturated carbocycles. The predicted molar refractivity (Wildman–Crippen MR) is 128 cm³/mol. The Morgan fingerprint density at radius 3 is 2.67 bits per heavy atom. The zero-order valence-corrected chi connectivity index (χ0v) is 19.5. The first-order valence-electron chi connectivity index (χ1n) is 10.1. The monoisotopic (exact) mass is 490 g/mol. The summed E-state index contributed by atoms with van der Waals surface area (Å²) < 4.78 is 16.0. The molecule has 2 N–H and O–H groups in total. The summed E-state index contributed by atoms with van der Waals surface area (Å²) >= 11 is 12.0. The number of anilines is 2. The maximum atomic E-state index is 14.9. The minimum absolute atomic E-state index is 0.0342. The van der Waals surface area contributed by atoms with E-state index in [0.29, 0.717) is 36.5 Å². The van der Waals surface area contributed by atoms with Crippen molar-refractivity contribution in [2.24, 2.45) is 0 Å². The largest absolute Gasteiger partial charge is 0.396 e. The SMILES string of the molecule is C=CC(=O)N1CCN(c2ncnc3c(=O)n(-c4c(N)c(Cl)cc(Cl)c4F)c(C)cc23)[C@H](C)C1. The Kier molecular flexibility index (Phi) is 6.02. The molecule has 0 bridgehead atoms. The summed E-state index contributed by atoms with van der Waals surface area (Å²) in [5, 5.41) is 0.297. The van der Waals surface area contributed by atoms with Gasteiger partial charge in [-0.05, 0) is 32.1 Å². The maximum absolute atomic E-state index is 14.9. The molecule has 1 fully saturated rings. The topological polar surface area (TPSA) is 97.4 Å². The van der Waals surface area contributed by atoms with E-state index in [1.54, 1.807) is 17.9 Å². The molecule has 1 aliphatic heterocycles. The summed E-state index contributed by atoms with van der Waals surface area (Å²) in [6.07, 6.45) is 2.58. The zero-order chi connectivity index (χ0) is 24.0. The van der Waals surface area contributed by atoms with Crippen LogP contribution in [0.4, 0.5) is 15.9 Å². The number of fused-ring (bicyclic) bond motifs is 1. The molecule has 1 amide bonds. The van der Waals surface area contributed by atoms with E-state index in [9.17, 15) is 14.0 Å². The predicted octanol–water partition coefficient (Wildman–Crippen LogP) is 3.34. The molecule has 0 spiro atoms. The van der Waals surface area contributed by atoms with Gasteiger partial charge in [0.25, 0.3) is 5.56 Å². The number of nitrogen functional groups attached to an aromatic ring is 1. The number of aromatic nitrogens is 3. The Balaban J connectivity index is 1.87. The van der Waals surface area contributed by atoms with Gasteiger partial charge in [0.2, 0.25) is 5.91 Å². The molecule has 0 unspecified atom stereocenters. The fourth-order valence-corrected chi connectivity index (χ4v) is 4.61. The summed E-state index contributed by atoms with van der Waals surface area (Å²) in [5.41, 5.74) is 5.61. The molecule has 0 radical (unpaired) electrons. The van der Waals surface area contributed by atoms with E-state index in [0.717, 1.165) is 4.57 Å². The number of halogens is 3. The van der Waals surface area contributed by atoms with Gasteiger partial charge in [0.15, 0.2) is 5.82 Å². The summed E-state index contributed by atoms with van der Waals surface area (Å²) in [5.74, 6) is -0.426. The normalized spacial score (nSPS) is 16.3. The van der Waals surface area contributed by atoms with Gasteiger partial charge in [-0.25, -0.2) is 14.4 Å². The molecule has 1 aromatic carbocycles. The number of hydrogen-bond acceptors (Lipinski definition) is 6. The Labute approximate surface area is 199 Å². The number of carbonyl (C=O) groups is 1. The first-order chi connectivity index (χ1) is 15.6. The van der Waals surface area contributed by atoms with Gasteiger partial charge in [0.05, 0.1) is 21.1 Å². The average molecular weight is 491 g/mol. The number of aryl methyl sites for hydroxylation is 1. The van der Waals surface area contributed by atoms with Gasteiger partial charge in [-0.3, -0.25) is 14.2 Å². The molecule has 172 valence electrons. The lowest BCUT2D eigenvalue weighted by molar-refractivity contribution is -0.126. The van der Waals surface area contributed by atoms with Crippen LogP contribution in [0.3, 0.4) is 0 Å². The van der Waals surface area contributed by atoms with E-state index in [1.807, 2.05) is 11.8 Å². The summed E-state index contributed by atoms with van der Waals surface area (Å²) in [6, 6.07) is 2.83. The number of rotatable bonds is 3. The van der Waals surface area contributed by atoms with Crippen molar-refractivity contribution in [1.82, 2.24) is 19.4 Å². The minimum Gasteiger partial charge on any atom is -0.396 e. The third-order valence-electron chi connectivity index (χ3n) is 5.77. The molecule has 11 heteroatoms. The van der Waals surface area contributed by atoms with Crippen LogP contribution in [0.25, 0.3) is 16.6 Å². The van der Waals surface area contributed by atoms with Crippen molar-refractivity contribution in [3.05, 3.63) is 63.0 Å². The van der Waals surface area contributed by atoms with Gasteiger partial charge in [-0.2, -0.15) is 0 Å². The Bertz CT molecular complexity index is 1330. The van der Waals surface area contributed by atoms with Gasteiger partial charge in [-0.15, -0.1) is 0 Å². The quantitative estimate of drug-likeness (QED) is 0.343. The minimum atomic E-state index is -0.853. The molecule has 1 saturated heterocycles. The van der Waals surface area contributed by atoms with E-state index in [-0.39, 0.29) is 38.9 Å². The van der Waals surface area contributed by atoms with Crippen molar-refractivity contribution in [3.8, 4) is 5.69 Å². The molecule has 3 heterocycles. The van der Waals surface area contributed by atoms with E-state index in [1.165, 1.54) is 18.5 Å². The van der Waals surface area contributed by atoms with Crippen LogP contribution >= 0.6 is 23.2 Å². The number of pyridine rings is 1. The molecular weight excluding hydrogens is 470 g/mol. The van der Waals surface area contributed by atoms with Crippen molar-refractivity contribution in [2.45, 2.75) is 19.9 Å². The number of carbonyl (C=O) groups excluding carboxylic acids is 1.